The Balaban J connectivity index is 1.47. The molecule has 0 N–H and O–H groups in total. The Hall–Kier alpha value is -1.06. The zero-order chi connectivity index (χ0) is 15.1. The topological polar surface area (TPSA) is 41.9 Å². The van der Waals surface area contributed by atoms with Crippen LogP contribution in [0.5, 0.6) is 0 Å². The molecule has 4 nitrogen and oxygen atoms in total. The summed E-state index contributed by atoms with van der Waals surface area (Å²) < 4.78 is 0. The van der Waals surface area contributed by atoms with Gasteiger partial charge in [0.1, 0.15) is 6.61 Å². The van der Waals surface area contributed by atoms with Crippen LogP contribution in [0.2, 0.25) is 0 Å². The monoisotopic (exact) mass is 294 g/mol. The van der Waals surface area contributed by atoms with Crippen molar-refractivity contribution in [3.05, 3.63) is 0 Å². The van der Waals surface area contributed by atoms with E-state index in [9.17, 15) is 4.79 Å². The van der Waals surface area contributed by atoms with Gasteiger partial charge in [0.15, 0.2) is 0 Å². The molecule has 2 unspecified atom stereocenters. The summed E-state index contributed by atoms with van der Waals surface area (Å²) in [5, 5.41) is 4.12. The zero-order valence-corrected chi connectivity index (χ0v) is 13.6. The second-order valence-corrected chi connectivity index (χ2v) is 6.39. The lowest BCUT2D eigenvalue weighted by Gasteiger charge is -2.26. The van der Waals surface area contributed by atoms with Gasteiger partial charge < -0.3 is 9.74 Å². The number of piperidine rings is 1. The standard InChI is InChI=1S/C17H30N2O2/c1-3-16(4-2)18-21-11-7-5-6-8-17(20)19-10-9-14-12-15(14)13-19/h14-15H,3-13H2,1-2H3. The lowest BCUT2D eigenvalue weighted by molar-refractivity contribution is -0.132. The molecule has 1 heterocycles. The average Bonchev–Trinajstić information content (AvgIpc) is 3.28. The highest BCUT2D eigenvalue weighted by atomic mass is 16.6. The Morgan fingerprint density at radius 3 is 2.71 bits per heavy atom. The van der Waals surface area contributed by atoms with Gasteiger partial charge in [-0.1, -0.05) is 19.0 Å². The average molecular weight is 294 g/mol. The fourth-order valence-corrected chi connectivity index (χ4v) is 3.10. The zero-order valence-electron chi connectivity index (χ0n) is 13.6. The van der Waals surface area contributed by atoms with Crippen molar-refractivity contribution < 1.29 is 9.63 Å². The molecule has 2 aliphatic rings. The molecule has 0 aromatic carbocycles. The van der Waals surface area contributed by atoms with Crippen LogP contribution in [-0.4, -0.2) is 36.2 Å². The fourth-order valence-electron chi connectivity index (χ4n) is 3.10. The first kappa shape index (κ1) is 16.3. The summed E-state index contributed by atoms with van der Waals surface area (Å²) >= 11 is 0. The van der Waals surface area contributed by atoms with E-state index in [1.54, 1.807) is 0 Å². The Kier molecular flexibility index (Phi) is 6.52. The number of carbonyl (C=O) groups excluding carboxylic acids is 1. The first-order valence-corrected chi connectivity index (χ1v) is 8.70. The minimum atomic E-state index is 0.360. The number of oxime groups is 1. The smallest absolute Gasteiger partial charge is 0.222 e. The Bertz CT molecular complexity index is 362. The first-order chi connectivity index (χ1) is 10.2. The normalized spacial score (nSPS) is 23.4. The Morgan fingerprint density at radius 2 is 2.00 bits per heavy atom. The molecule has 0 bridgehead atoms. The molecule has 0 aromatic rings. The molecular formula is C17H30N2O2. The van der Waals surface area contributed by atoms with Gasteiger partial charge in [-0.25, -0.2) is 0 Å². The summed E-state index contributed by atoms with van der Waals surface area (Å²) in [5.74, 6) is 2.14. The largest absolute Gasteiger partial charge is 0.396 e. The highest BCUT2D eigenvalue weighted by molar-refractivity contribution is 5.83. The quantitative estimate of drug-likeness (QED) is 0.370. The number of amides is 1. The van der Waals surface area contributed by atoms with Gasteiger partial charge in [0, 0.05) is 19.5 Å². The van der Waals surface area contributed by atoms with E-state index in [-0.39, 0.29) is 0 Å². The summed E-state index contributed by atoms with van der Waals surface area (Å²) in [6.07, 6.45) is 8.24. The van der Waals surface area contributed by atoms with Crippen LogP contribution in [0, 0.1) is 11.8 Å². The van der Waals surface area contributed by atoms with E-state index in [1.807, 2.05) is 0 Å². The van der Waals surface area contributed by atoms with Gasteiger partial charge in [0.2, 0.25) is 5.91 Å². The van der Waals surface area contributed by atoms with Crippen molar-refractivity contribution in [3.63, 3.8) is 0 Å². The van der Waals surface area contributed by atoms with Crippen LogP contribution < -0.4 is 0 Å². The minimum Gasteiger partial charge on any atom is -0.396 e. The SMILES string of the molecule is CCC(CC)=NOCCCCCC(=O)N1CCC2CC2C1. The molecule has 0 radical (unpaired) electrons. The van der Waals surface area contributed by atoms with Crippen LogP contribution in [0.4, 0.5) is 0 Å². The number of unbranched alkanes of at least 4 members (excludes halogenated alkanes) is 2. The maximum atomic E-state index is 12.1. The van der Waals surface area contributed by atoms with Crippen LogP contribution in [0.25, 0.3) is 0 Å². The molecule has 0 spiro atoms. The molecule has 1 amide bonds. The van der Waals surface area contributed by atoms with Crippen molar-refractivity contribution in [2.45, 2.75) is 65.2 Å². The lowest BCUT2D eigenvalue weighted by atomic mass is 10.1. The number of rotatable bonds is 9. The van der Waals surface area contributed by atoms with Gasteiger partial charge in [-0.3, -0.25) is 4.79 Å². The molecule has 2 rings (SSSR count). The third-order valence-electron chi connectivity index (χ3n) is 4.78. The predicted octanol–water partition coefficient (Wildman–Crippen LogP) is 3.61. The second kappa shape index (κ2) is 8.40. The molecule has 0 aromatic heterocycles. The highest BCUT2D eigenvalue weighted by Gasteiger charge is 2.42. The lowest BCUT2D eigenvalue weighted by Crippen LogP contribution is -2.36. The predicted molar refractivity (Wildman–Crippen MR) is 85.2 cm³/mol. The van der Waals surface area contributed by atoms with E-state index in [2.05, 4.69) is 23.9 Å². The molecule has 2 fully saturated rings. The van der Waals surface area contributed by atoms with Crippen molar-refractivity contribution >= 4 is 11.6 Å². The Morgan fingerprint density at radius 1 is 1.19 bits per heavy atom. The molecule has 1 aliphatic carbocycles. The molecule has 120 valence electrons. The van der Waals surface area contributed by atoms with Gasteiger partial charge in [0.25, 0.3) is 0 Å². The van der Waals surface area contributed by atoms with E-state index >= 15 is 0 Å². The van der Waals surface area contributed by atoms with Gasteiger partial charge in [-0.15, -0.1) is 0 Å². The van der Waals surface area contributed by atoms with E-state index in [0.29, 0.717) is 18.9 Å². The maximum Gasteiger partial charge on any atom is 0.222 e. The number of hydrogen-bond acceptors (Lipinski definition) is 3. The van der Waals surface area contributed by atoms with E-state index in [0.717, 1.165) is 62.7 Å². The highest BCUT2D eigenvalue weighted by Crippen LogP contribution is 2.44. The number of hydrogen-bond donors (Lipinski definition) is 0. The van der Waals surface area contributed by atoms with E-state index < -0.39 is 0 Å². The third kappa shape index (κ3) is 5.33. The Labute approximate surface area is 128 Å². The molecule has 21 heavy (non-hydrogen) atoms. The van der Waals surface area contributed by atoms with Crippen LogP contribution in [0.1, 0.15) is 65.2 Å². The van der Waals surface area contributed by atoms with Crippen molar-refractivity contribution in [2.24, 2.45) is 17.0 Å². The second-order valence-electron chi connectivity index (χ2n) is 6.39. The molecule has 4 heteroatoms. The van der Waals surface area contributed by atoms with Crippen molar-refractivity contribution in [1.29, 1.82) is 0 Å². The minimum absolute atomic E-state index is 0.360. The van der Waals surface area contributed by atoms with Crippen molar-refractivity contribution in [1.82, 2.24) is 4.90 Å². The van der Waals surface area contributed by atoms with Crippen LogP contribution >= 0.6 is 0 Å². The van der Waals surface area contributed by atoms with E-state index in [1.165, 1.54) is 12.8 Å². The first-order valence-electron chi connectivity index (χ1n) is 8.70. The summed E-state index contributed by atoms with van der Waals surface area (Å²) in [6, 6.07) is 0. The summed E-state index contributed by atoms with van der Waals surface area (Å²) in [7, 11) is 0. The summed E-state index contributed by atoms with van der Waals surface area (Å²) in [4.78, 5) is 19.5. The maximum absolute atomic E-state index is 12.1. The van der Waals surface area contributed by atoms with Crippen molar-refractivity contribution in [2.75, 3.05) is 19.7 Å². The van der Waals surface area contributed by atoms with Crippen LogP contribution in [0.3, 0.4) is 0 Å². The molecular weight excluding hydrogens is 264 g/mol. The van der Waals surface area contributed by atoms with Gasteiger partial charge in [-0.2, -0.15) is 0 Å². The van der Waals surface area contributed by atoms with Crippen LogP contribution in [-0.2, 0) is 9.63 Å². The van der Waals surface area contributed by atoms with E-state index in [4.69, 9.17) is 4.84 Å². The number of carbonyl (C=O) groups is 1. The molecule has 1 aliphatic heterocycles. The van der Waals surface area contributed by atoms with Crippen LogP contribution in [0.15, 0.2) is 5.16 Å². The number of likely N-dealkylation sites (tertiary alicyclic amines) is 1. The molecule has 2 atom stereocenters. The fraction of sp³-hybridized carbons (Fsp3) is 0.882. The van der Waals surface area contributed by atoms with Gasteiger partial charge >= 0.3 is 0 Å². The summed E-state index contributed by atoms with van der Waals surface area (Å²) in [5.41, 5.74) is 1.12. The van der Waals surface area contributed by atoms with Gasteiger partial charge in [-0.05, 0) is 56.8 Å². The third-order valence-corrected chi connectivity index (χ3v) is 4.78. The molecule has 1 saturated heterocycles. The van der Waals surface area contributed by atoms with Gasteiger partial charge in [0.05, 0.1) is 5.71 Å². The molecule has 1 saturated carbocycles. The van der Waals surface area contributed by atoms with Crippen molar-refractivity contribution in [3.8, 4) is 0 Å². The summed E-state index contributed by atoms with van der Waals surface area (Å²) in [6.45, 7) is 6.89. The number of fused-ring (bicyclic) bond motifs is 1. The number of nitrogens with zero attached hydrogens (tertiary/aromatic N) is 2.